The molecule has 3 rings (SSSR count). The fraction of sp³-hybridized carbons (Fsp3) is 0.105. The normalized spacial score (nSPS) is 10.7. The smallest absolute Gasteiger partial charge is 0.282 e. The van der Waals surface area contributed by atoms with E-state index in [1.165, 1.54) is 11.7 Å². The monoisotopic (exact) mass is 352 g/mol. The summed E-state index contributed by atoms with van der Waals surface area (Å²) in [6, 6.07) is 16.2. The number of hydrogen-bond donors (Lipinski definition) is 1. The molecule has 2 N–H and O–H groups in total. The van der Waals surface area contributed by atoms with E-state index < -0.39 is 18.0 Å². The van der Waals surface area contributed by atoms with Crippen LogP contribution in [0.5, 0.6) is 0 Å². The molecule has 1 aromatic heterocycles. The standard InChI is InChI=1S/C19H14F2N4O/c1-25-17(15(19(23)26)16(24-25)18(20)21)14-12(10-22)8-5-9-13(14)11-6-3-2-4-7-11/h2-9,18H,1H3,(H2,23,26). The zero-order valence-electron chi connectivity index (χ0n) is 13.8. The molecule has 0 saturated heterocycles. The van der Waals surface area contributed by atoms with Crippen molar-refractivity contribution in [1.82, 2.24) is 9.78 Å². The summed E-state index contributed by atoms with van der Waals surface area (Å²) in [4.78, 5) is 11.9. The van der Waals surface area contributed by atoms with E-state index in [4.69, 9.17) is 5.73 Å². The Kier molecular flexibility index (Phi) is 4.50. The molecule has 0 saturated carbocycles. The van der Waals surface area contributed by atoms with Crippen LogP contribution in [0.2, 0.25) is 0 Å². The van der Waals surface area contributed by atoms with Gasteiger partial charge in [0.2, 0.25) is 0 Å². The van der Waals surface area contributed by atoms with Crippen molar-refractivity contribution >= 4 is 5.91 Å². The van der Waals surface area contributed by atoms with Crippen molar-refractivity contribution in [3.63, 3.8) is 0 Å². The summed E-state index contributed by atoms with van der Waals surface area (Å²) in [5.74, 6) is -1.02. The topological polar surface area (TPSA) is 84.7 Å². The molecule has 0 unspecified atom stereocenters. The first kappa shape index (κ1) is 17.3. The Bertz CT molecular complexity index is 1020. The van der Waals surface area contributed by atoms with Crippen LogP contribution in [0.4, 0.5) is 8.78 Å². The SMILES string of the molecule is Cn1nc(C(F)F)c(C(N)=O)c1-c1c(C#N)cccc1-c1ccccc1. The molecule has 7 heteroatoms. The predicted molar refractivity (Wildman–Crippen MR) is 92.3 cm³/mol. The summed E-state index contributed by atoms with van der Waals surface area (Å²) in [5.41, 5.74) is 6.38. The number of carbonyl (C=O) groups is 1. The Balaban J connectivity index is 2.43. The minimum absolute atomic E-state index is 0.101. The number of nitriles is 1. The third-order valence-corrected chi connectivity index (χ3v) is 4.03. The number of amides is 1. The molecule has 5 nitrogen and oxygen atoms in total. The summed E-state index contributed by atoms with van der Waals surface area (Å²) in [6.45, 7) is 0. The van der Waals surface area contributed by atoms with Gasteiger partial charge in [0.05, 0.1) is 22.9 Å². The maximum Gasteiger partial charge on any atom is 0.282 e. The second kappa shape index (κ2) is 6.76. The summed E-state index contributed by atoms with van der Waals surface area (Å²) in [7, 11) is 1.44. The lowest BCUT2D eigenvalue weighted by Crippen LogP contribution is -2.14. The molecule has 2 aromatic carbocycles. The van der Waals surface area contributed by atoms with Crippen LogP contribution in [-0.2, 0) is 7.05 Å². The molecule has 0 radical (unpaired) electrons. The number of hydrogen-bond acceptors (Lipinski definition) is 3. The number of aromatic nitrogens is 2. The quantitative estimate of drug-likeness (QED) is 0.777. The van der Waals surface area contributed by atoms with E-state index in [0.717, 1.165) is 5.56 Å². The van der Waals surface area contributed by atoms with E-state index in [0.29, 0.717) is 11.1 Å². The highest BCUT2D eigenvalue weighted by Crippen LogP contribution is 2.38. The first-order valence-corrected chi connectivity index (χ1v) is 7.69. The number of nitrogens with zero attached hydrogens (tertiary/aromatic N) is 3. The molecule has 0 aliphatic carbocycles. The molecule has 0 aliphatic rings. The van der Waals surface area contributed by atoms with Gasteiger partial charge in [0.25, 0.3) is 12.3 Å². The minimum Gasteiger partial charge on any atom is -0.365 e. The van der Waals surface area contributed by atoms with Crippen molar-refractivity contribution in [1.29, 1.82) is 5.26 Å². The molecule has 0 bridgehead atoms. The zero-order valence-corrected chi connectivity index (χ0v) is 13.8. The van der Waals surface area contributed by atoms with Crippen LogP contribution in [0.1, 0.15) is 28.0 Å². The molecular weight excluding hydrogens is 338 g/mol. The predicted octanol–water partition coefficient (Wildman–Crippen LogP) is 3.66. The van der Waals surface area contributed by atoms with Crippen LogP contribution in [-0.4, -0.2) is 15.7 Å². The lowest BCUT2D eigenvalue weighted by atomic mass is 9.91. The summed E-state index contributed by atoms with van der Waals surface area (Å²) in [6.07, 6.45) is -2.97. The number of aryl methyl sites for hydroxylation is 1. The molecule has 0 aliphatic heterocycles. The van der Waals surface area contributed by atoms with Crippen molar-refractivity contribution in [2.75, 3.05) is 0 Å². The van der Waals surface area contributed by atoms with Gasteiger partial charge >= 0.3 is 0 Å². The number of benzene rings is 2. The fourth-order valence-corrected chi connectivity index (χ4v) is 2.99. The molecule has 1 amide bonds. The number of halogens is 2. The van der Waals surface area contributed by atoms with Crippen molar-refractivity contribution in [3.8, 4) is 28.5 Å². The largest absolute Gasteiger partial charge is 0.365 e. The van der Waals surface area contributed by atoms with Crippen molar-refractivity contribution in [3.05, 3.63) is 65.4 Å². The van der Waals surface area contributed by atoms with E-state index in [1.807, 2.05) is 30.3 Å². The van der Waals surface area contributed by atoms with Gasteiger partial charge in [0.15, 0.2) is 0 Å². The van der Waals surface area contributed by atoms with E-state index >= 15 is 0 Å². The second-order valence-electron chi connectivity index (χ2n) is 5.60. The third-order valence-electron chi connectivity index (χ3n) is 4.03. The number of alkyl halides is 2. The third kappa shape index (κ3) is 2.82. The highest BCUT2D eigenvalue weighted by molar-refractivity contribution is 6.03. The van der Waals surface area contributed by atoms with E-state index in [1.54, 1.807) is 18.2 Å². The first-order chi connectivity index (χ1) is 12.5. The Morgan fingerprint density at radius 3 is 2.46 bits per heavy atom. The van der Waals surface area contributed by atoms with Gasteiger partial charge in [0.1, 0.15) is 5.69 Å². The van der Waals surface area contributed by atoms with Gasteiger partial charge < -0.3 is 5.73 Å². The van der Waals surface area contributed by atoms with Crippen LogP contribution in [0.15, 0.2) is 48.5 Å². The minimum atomic E-state index is -2.97. The molecule has 1 heterocycles. The fourth-order valence-electron chi connectivity index (χ4n) is 2.99. The van der Waals surface area contributed by atoms with Crippen LogP contribution in [0.25, 0.3) is 22.4 Å². The maximum absolute atomic E-state index is 13.4. The Morgan fingerprint density at radius 2 is 1.88 bits per heavy atom. The second-order valence-corrected chi connectivity index (χ2v) is 5.60. The van der Waals surface area contributed by atoms with Crippen molar-refractivity contribution in [2.24, 2.45) is 12.8 Å². The van der Waals surface area contributed by atoms with Gasteiger partial charge in [0, 0.05) is 12.6 Å². The van der Waals surface area contributed by atoms with Crippen LogP contribution in [0.3, 0.4) is 0 Å². The lowest BCUT2D eigenvalue weighted by molar-refractivity contribution is 0.0985. The van der Waals surface area contributed by atoms with Gasteiger partial charge in [-0.1, -0.05) is 42.5 Å². The number of carbonyl (C=O) groups excluding carboxylic acids is 1. The van der Waals surface area contributed by atoms with Crippen LogP contribution in [0, 0.1) is 11.3 Å². The lowest BCUT2D eigenvalue weighted by Gasteiger charge is -2.13. The average molecular weight is 352 g/mol. The molecule has 3 aromatic rings. The molecule has 0 atom stereocenters. The van der Waals surface area contributed by atoms with Crippen LogP contribution < -0.4 is 5.73 Å². The molecule has 0 fully saturated rings. The highest BCUT2D eigenvalue weighted by atomic mass is 19.3. The number of nitrogens with two attached hydrogens (primary N) is 1. The molecule has 0 spiro atoms. The van der Waals surface area contributed by atoms with E-state index in [2.05, 4.69) is 11.2 Å². The molecular formula is C19H14F2N4O. The van der Waals surface area contributed by atoms with E-state index in [9.17, 15) is 18.8 Å². The van der Waals surface area contributed by atoms with E-state index in [-0.39, 0.29) is 16.8 Å². The molecule has 26 heavy (non-hydrogen) atoms. The average Bonchev–Trinajstić information content (AvgIpc) is 2.99. The van der Waals surface area contributed by atoms with Gasteiger partial charge in [-0.25, -0.2) is 8.78 Å². The van der Waals surface area contributed by atoms with Crippen LogP contribution >= 0.6 is 0 Å². The number of rotatable bonds is 4. The Hall–Kier alpha value is -3.53. The summed E-state index contributed by atoms with van der Waals surface area (Å²) >= 11 is 0. The van der Waals surface area contributed by atoms with Gasteiger partial charge in [-0.2, -0.15) is 10.4 Å². The highest BCUT2D eigenvalue weighted by Gasteiger charge is 2.29. The maximum atomic E-state index is 13.4. The van der Waals surface area contributed by atoms with Gasteiger partial charge in [-0.3, -0.25) is 9.48 Å². The first-order valence-electron chi connectivity index (χ1n) is 7.69. The Labute approximate surface area is 148 Å². The van der Waals surface area contributed by atoms with Gasteiger partial charge in [-0.15, -0.1) is 0 Å². The summed E-state index contributed by atoms with van der Waals surface area (Å²) < 4.78 is 27.9. The zero-order chi connectivity index (χ0) is 18.8. The number of primary amides is 1. The van der Waals surface area contributed by atoms with Crippen molar-refractivity contribution < 1.29 is 13.6 Å². The Morgan fingerprint density at radius 1 is 1.19 bits per heavy atom. The van der Waals surface area contributed by atoms with Gasteiger partial charge in [-0.05, 0) is 17.2 Å². The summed E-state index contributed by atoms with van der Waals surface area (Å²) in [5, 5.41) is 13.3. The molecule has 130 valence electrons. The van der Waals surface area contributed by atoms with Crippen molar-refractivity contribution in [2.45, 2.75) is 6.43 Å².